The predicted octanol–water partition coefficient (Wildman–Crippen LogP) is 2.55. The Morgan fingerprint density at radius 1 is 1.29 bits per heavy atom. The first-order valence-corrected chi connectivity index (χ1v) is 10.8. The summed E-state index contributed by atoms with van der Waals surface area (Å²) in [7, 11) is 0. The fraction of sp³-hybridized carbons (Fsp3) is 0.682. The topological polar surface area (TPSA) is 69.1 Å². The summed E-state index contributed by atoms with van der Waals surface area (Å²) in [5, 5.41) is 17.3. The van der Waals surface area contributed by atoms with Crippen LogP contribution in [0.15, 0.2) is 29.3 Å². The second kappa shape index (κ2) is 10.1. The Labute approximate surface area is 169 Å². The molecule has 0 amide bonds. The average molecular weight is 389 g/mol. The van der Waals surface area contributed by atoms with Gasteiger partial charge in [-0.25, -0.2) is 0 Å². The maximum Gasteiger partial charge on any atom is 0.191 e. The number of guanidine groups is 1. The Kier molecular flexibility index (Phi) is 7.57. The first-order valence-electron chi connectivity index (χ1n) is 10.8. The Hall–Kier alpha value is -1.79. The van der Waals surface area contributed by atoms with Gasteiger partial charge in [0.15, 0.2) is 5.96 Å². The van der Waals surface area contributed by atoms with Crippen molar-refractivity contribution in [2.24, 2.45) is 10.9 Å². The van der Waals surface area contributed by atoms with Crippen LogP contribution in [0.3, 0.4) is 0 Å². The van der Waals surface area contributed by atoms with Crippen LogP contribution in [0.25, 0.3) is 0 Å². The van der Waals surface area contributed by atoms with E-state index in [9.17, 15) is 5.11 Å². The third-order valence-corrected chi connectivity index (χ3v) is 5.32. The van der Waals surface area contributed by atoms with Gasteiger partial charge in [0.2, 0.25) is 0 Å². The lowest BCUT2D eigenvalue weighted by Gasteiger charge is -2.17. The summed E-state index contributed by atoms with van der Waals surface area (Å²) in [6, 6.07) is 8.49. The molecule has 28 heavy (non-hydrogen) atoms. The van der Waals surface area contributed by atoms with E-state index < -0.39 is 6.10 Å². The van der Waals surface area contributed by atoms with E-state index in [2.05, 4.69) is 27.4 Å². The smallest absolute Gasteiger partial charge is 0.191 e. The summed E-state index contributed by atoms with van der Waals surface area (Å²) < 4.78 is 5.72. The fourth-order valence-electron chi connectivity index (χ4n) is 3.73. The highest BCUT2D eigenvalue weighted by molar-refractivity contribution is 5.79. The predicted molar refractivity (Wildman–Crippen MR) is 114 cm³/mol. The Bertz CT molecular complexity index is 645. The number of aliphatic hydroxyl groups is 1. The summed E-state index contributed by atoms with van der Waals surface area (Å²) in [5.74, 6) is 2.24. The zero-order valence-corrected chi connectivity index (χ0v) is 17.5. The average Bonchev–Trinajstić information content (AvgIpc) is 3.42. The molecule has 156 valence electrons. The van der Waals surface area contributed by atoms with Crippen molar-refractivity contribution < 1.29 is 9.84 Å². The van der Waals surface area contributed by atoms with Gasteiger partial charge in [0.05, 0.1) is 18.8 Å². The maximum absolute atomic E-state index is 10.6. The third-order valence-electron chi connectivity index (χ3n) is 5.32. The number of aliphatic imine (C=N–C) groups is 1. The standard InChI is InChI=1S/C22H36N4O2/c1-4-23-22(24-13-17-10-11-26(15-17)19-8-9-19)25-14-21(27)18-6-5-7-20(12-18)28-16(2)3/h5-7,12,16-17,19,21,27H,4,8-11,13-15H2,1-3H3,(H2,23,24,25). The molecule has 2 fully saturated rings. The summed E-state index contributed by atoms with van der Waals surface area (Å²) in [6.45, 7) is 10.5. The number of hydrogen-bond acceptors (Lipinski definition) is 4. The molecule has 3 N–H and O–H groups in total. The molecule has 1 heterocycles. The maximum atomic E-state index is 10.6. The summed E-state index contributed by atoms with van der Waals surface area (Å²) in [4.78, 5) is 7.23. The van der Waals surface area contributed by atoms with Crippen molar-refractivity contribution in [2.45, 2.75) is 58.3 Å². The van der Waals surface area contributed by atoms with Crippen molar-refractivity contribution in [1.29, 1.82) is 0 Å². The Morgan fingerprint density at radius 3 is 2.82 bits per heavy atom. The normalized spacial score (nSPS) is 21.8. The molecule has 0 aromatic heterocycles. The number of benzene rings is 1. The van der Waals surface area contributed by atoms with Crippen molar-refractivity contribution in [3.8, 4) is 5.75 Å². The van der Waals surface area contributed by atoms with E-state index in [0.29, 0.717) is 12.5 Å². The molecule has 3 rings (SSSR count). The van der Waals surface area contributed by atoms with E-state index in [0.717, 1.165) is 36.4 Å². The van der Waals surface area contributed by atoms with E-state index in [1.165, 1.54) is 32.4 Å². The van der Waals surface area contributed by atoms with Gasteiger partial charge in [-0.3, -0.25) is 4.99 Å². The molecule has 0 radical (unpaired) electrons. The van der Waals surface area contributed by atoms with E-state index >= 15 is 0 Å². The zero-order chi connectivity index (χ0) is 19.9. The van der Waals surface area contributed by atoms with E-state index in [-0.39, 0.29) is 6.10 Å². The highest BCUT2D eigenvalue weighted by atomic mass is 16.5. The number of ether oxygens (including phenoxy) is 1. The Morgan fingerprint density at radius 2 is 2.11 bits per heavy atom. The molecule has 1 aliphatic heterocycles. The third kappa shape index (κ3) is 6.38. The molecule has 1 saturated heterocycles. The largest absolute Gasteiger partial charge is 0.491 e. The fourth-order valence-corrected chi connectivity index (χ4v) is 3.73. The van der Waals surface area contributed by atoms with Gasteiger partial charge in [-0.2, -0.15) is 0 Å². The van der Waals surface area contributed by atoms with Gasteiger partial charge in [0, 0.05) is 25.7 Å². The number of likely N-dealkylation sites (tertiary alicyclic amines) is 1. The molecular formula is C22H36N4O2. The van der Waals surface area contributed by atoms with Crippen molar-refractivity contribution in [1.82, 2.24) is 15.5 Å². The number of nitrogens with zero attached hydrogens (tertiary/aromatic N) is 2. The van der Waals surface area contributed by atoms with E-state index in [1.54, 1.807) is 0 Å². The van der Waals surface area contributed by atoms with Crippen molar-refractivity contribution in [3.63, 3.8) is 0 Å². The summed E-state index contributed by atoms with van der Waals surface area (Å²) >= 11 is 0. The van der Waals surface area contributed by atoms with Crippen molar-refractivity contribution in [3.05, 3.63) is 29.8 Å². The minimum atomic E-state index is -0.650. The van der Waals surface area contributed by atoms with Crippen LogP contribution in [-0.4, -0.2) is 60.8 Å². The SMILES string of the molecule is CCNC(=NCC(O)c1cccc(OC(C)C)c1)NCC1CCN(C2CC2)C1. The molecule has 2 unspecified atom stereocenters. The van der Waals surface area contributed by atoms with Crippen LogP contribution in [0, 0.1) is 5.92 Å². The van der Waals surface area contributed by atoms with E-state index in [4.69, 9.17) is 4.74 Å². The van der Waals surface area contributed by atoms with Gasteiger partial charge in [-0.05, 0) is 70.2 Å². The monoisotopic (exact) mass is 388 g/mol. The van der Waals surface area contributed by atoms with Gasteiger partial charge < -0.3 is 25.4 Å². The minimum absolute atomic E-state index is 0.112. The summed E-state index contributed by atoms with van der Waals surface area (Å²) in [6.07, 6.45) is 3.48. The van der Waals surface area contributed by atoms with Crippen LogP contribution in [0.4, 0.5) is 0 Å². The molecule has 0 bridgehead atoms. The second-order valence-corrected chi connectivity index (χ2v) is 8.24. The molecule has 2 atom stereocenters. The van der Waals surface area contributed by atoms with Crippen LogP contribution < -0.4 is 15.4 Å². The second-order valence-electron chi connectivity index (χ2n) is 8.24. The van der Waals surface area contributed by atoms with Crippen LogP contribution in [0.5, 0.6) is 5.75 Å². The molecule has 1 aromatic carbocycles. The van der Waals surface area contributed by atoms with Crippen molar-refractivity contribution in [2.75, 3.05) is 32.7 Å². The van der Waals surface area contributed by atoms with Crippen LogP contribution in [0.2, 0.25) is 0 Å². The Balaban J connectivity index is 1.50. The van der Waals surface area contributed by atoms with Gasteiger partial charge in [-0.1, -0.05) is 12.1 Å². The highest BCUT2D eigenvalue weighted by Crippen LogP contribution is 2.31. The molecule has 6 heteroatoms. The van der Waals surface area contributed by atoms with Gasteiger partial charge >= 0.3 is 0 Å². The lowest BCUT2D eigenvalue weighted by atomic mass is 10.1. The van der Waals surface area contributed by atoms with Crippen LogP contribution in [0.1, 0.15) is 51.7 Å². The number of rotatable bonds is 9. The van der Waals surface area contributed by atoms with Gasteiger partial charge in [-0.15, -0.1) is 0 Å². The van der Waals surface area contributed by atoms with Crippen LogP contribution in [-0.2, 0) is 0 Å². The first-order chi connectivity index (χ1) is 13.5. The molecule has 1 saturated carbocycles. The van der Waals surface area contributed by atoms with E-state index in [1.807, 2.05) is 38.1 Å². The van der Waals surface area contributed by atoms with Gasteiger partial charge in [0.1, 0.15) is 5.75 Å². The lowest BCUT2D eigenvalue weighted by molar-refractivity contribution is 0.185. The van der Waals surface area contributed by atoms with Crippen LogP contribution >= 0.6 is 0 Å². The number of aliphatic hydroxyl groups excluding tert-OH is 1. The minimum Gasteiger partial charge on any atom is -0.491 e. The van der Waals surface area contributed by atoms with Gasteiger partial charge in [0.25, 0.3) is 0 Å². The number of hydrogen-bond donors (Lipinski definition) is 3. The molecule has 2 aliphatic rings. The van der Waals surface area contributed by atoms with Crippen molar-refractivity contribution >= 4 is 5.96 Å². The molecule has 0 spiro atoms. The molecule has 1 aromatic rings. The summed E-state index contributed by atoms with van der Waals surface area (Å²) in [5.41, 5.74) is 0.827. The molecule has 1 aliphatic carbocycles. The quantitative estimate of drug-likeness (QED) is 0.448. The highest BCUT2D eigenvalue weighted by Gasteiger charge is 2.34. The number of nitrogens with one attached hydrogen (secondary N) is 2. The lowest BCUT2D eigenvalue weighted by Crippen LogP contribution is -2.40. The zero-order valence-electron chi connectivity index (χ0n) is 17.5. The molecule has 6 nitrogen and oxygen atoms in total. The molecular weight excluding hydrogens is 352 g/mol. The first kappa shape index (κ1) is 20.9.